The fourth-order valence-corrected chi connectivity index (χ4v) is 3.40. The van der Waals surface area contributed by atoms with Crippen LogP contribution in [0.2, 0.25) is 0 Å². The number of rotatable bonds is 8. The van der Waals surface area contributed by atoms with Crippen molar-refractivity contribution in [2.75, 3.05) is 20.8 Å². The summed E-state index contributed by atoms with van der Waals surface area (Å²) in [7, 11) is 3.06. The number of hydrogen-bond donors (Lipinski definition) is 1. The molecule has 0 saturated heterocycles. The number of ether oxygens (including phenoxy) is 3. The molecular formula is C26H22FNO6. The fourth-order valence-electron chi connectivity index (χ4n) is 3.40. The molecule has 1 aromatic heterocycles. The van der Waals surface area contributed by atoms with Crippen molar-refractivity contribution in [3.63, 3.8) is 0 Å². The lowest BCUT2D eigenvalue weighted by molar-refractivity contribution is -0.123. The van der Waals surface area contributed by atoms with Crippen molar-refractivity contribution < 1.29 is 27.8 Å². The second-order valence-corrected chi connectivity index (χ2v) is 7.40. The minimum Gasteiger partial charge on any atom is -0.493 e. The number of fused-ring (bicyclic) bond motifs is 1. The number of carbonyl (C=O) groups excluding carboxylic acids is 1. The maximum atomic E-state index is 13.0. The zero-order chi connectivity index (χ0) is 24.1. The first-order valence-corrected chi connectivity index (χ1v) is 10.4. The van der Waals surface area contributed by atoms with Crippen molar-refractivity contribution in [2.24, 2.45) is 0 Å². The van der Waals surface area contributed by atoms with Crippen LogP contribution in [-0.4, -0.2) is 26.7 Å². The highest BCUT2D eigenvalue weighted by Crippen LogP contribution is 2.32. The van der Waals surface area contributed by atoms with Gasteiger partial charge in [0.05, 0.1) is 25.2 Å². The van der Waals surface area contributed by atoms with Crippen molar-refractivity contribution in [3.8, 4) is 28.4 Å². The second-order valence-electron chi connectivity index (χ2n) is 7.40. The van der Waals surface area contributed by atoms with Gasteiger partial charge in [0.1, 0.15) is 23.4 Å². The summed E-state index contributed by atoms with van der Waals surface area (Å²) in [6.07, 6.45) is 1.38. The minimum absolute atomic E-state index is 0.211. The van der Waals surface area contributed by atoms with Gasteiger partial charge in [0.15, 0.2) is 23.5 Å². The average molecular weight is 463 g/mol. The quantitative estimate of drug-likeness (QED) is 0.419. The van der Waals surface area contributed by atoms with E-state index in [4.69, 9.17) is 18.6 Å². The molecule has 8 heteroatoms. The lowest BCUT2D eigenvalue weighted by atomic mass is 10.0. The molecule has 4 aromatic rings. The molecular weight excluding hydrogens is 441 g/mol. The normalized spacial score (nSPS) is 10.7. The number of methoxy groups -OCH3 is 2. The molecule has 0 saturated carbocycles. The van der Waals surface area contributed by atoms with Gasteiger partial charge in [0.25, 0.3) is 5.91 Å². The van der Waals surface area contributed by atoms with E-state index >= 15 is 0 Å². The molecule has 0 aliphatic heterocycles. The third-order valence-corrected chi connectivity index (χ3v) is 5.21. The largest absolute Gasteiger partial charge is 0.493 e. The molecule has 1 heterocycles. The molecule has 0 aliphatic carbocycles. The van der Waals surface area contributed by atoms with Crippen molar-refractivity contribution in [1.82, 2.24) is 5.32 Å². The molecule has 0 bridgehead atoms. The van der Waals surface area contributed by atoms with Crippen LogP contribution in [0.3, 0.4) is 0 Å². The molecule has 1 N–H and O–H groups in total. The number of carbonyl (C=O) groups is 1. The zero-order valence-corrected chi connectivity index (χ0v) is 18.6. The van der Waals surface area contributed by atoms with Gasteiger partial charge in [-0.05, 0) is 47.5 Å². The Morgan fingerprint density at radius 2 is 1.74 bits per heavy atom. The third kappa shape index (κ3) is 5.01. The van der Waals surface area contributed by atoms with Crippen LogP contribution in [0.5, 0.6) is 17.2 Å². The number of nitrogens with one attached hydrogen (secondary N) is 1. The average Bonchev–Trinajstić information content (AvgIpc) is 2.87. The molecule has 0 unspecified atom stereocenters. The number of benzene rings is 3. The molecule has 3 aromatic carbocycles. The summed E-state index contributed by atoms with van der Waals surface area (Å²) in [5.74, 6) is 0.763. The number of hydrogen-bond acceptors (Lipinski definition) is 6. The fraction of sp³-hybridized carbons (Fsp3) is 0.154. The van der Waals surface area contributed by atoms with Crippen molar-refractivity contribution in [1.29, 1.82) is 0 Å². The molecule has 7 nitrogen and oxygen atoms in total. The SMILES string of the molecule is COc1ccc(-c2coc3cc(OCC(=O)NCc4ccc(F)cc4)ccc3c2=O)cc1OC. The van der Waals surface area contributed by atoms with Crippen molar-refractivity contribution in [3.05, 3.63) is 88.5 Å². The Balaban J connectivity index is 1.45. The highest BCUT2D eigenvalue weighted by Gasteiger charge is 2.13. The first-order valence-electron chi connectivity index (χ1n) is 10.4. The van der Waals surface area contributed by atoms with Crippen LogP contribution in [0.15, 0.2) is 76.1 Å². The van der Waals surface area contributed by atoms with E-state index in [2.05, 4.69) is 5.32 Å². The molecule has 174 valence electrons. The first-order chi connectivity index (χ1) is 16.5. The Labute approximate surface area is 194 Å². The van der Waals surface area contributed by atoms with Crippen LogP contribution in [0.1, 0.15) is 5.56 Å². The standard InChI is InChI=1S/C26H22FNO6/c1-31-22-10-5-17(11-24(22)32-2)21-14-34-23-12-19(8-9-20(23)26(21)30)33-15-25(29)28-13-16-3-6-18(27)7-4-16/h3-12,14H,13,15H2,1-2H3,(H,28,29). The molecule has 0 radical (unpaired) electrons. The summed E-state index contributed by atoms with van der Waals surface area (Å²) in [6, 6.07) is 15.8. The van der Waals surface area contributed by atoms with E-state index in [9.17, 15) is 14.0 Å². The van der Waals surface area contributed by atoms with E-state index in [1.807, 2.05) is 0 Å². The van der Waals surface area contributed by atoms with Crippen LogP contribution >= 0.6 is 0 Å². The summed E-state index contributed by atoms with van der Waals surface area (Å²) in [5.41, 5.74) is 1.90. The van der Waals surface area contributed by atoms with Crippen LogP contribution in [0.4, 0.5) is 4.39 Å². The number of amides is 1. The van der Waals surface area contributed by atoms with Gasteiger partial charge < -0.3 is 23.9 Å². The van der Waals surface area contributed by atoms with Gasteiger partial charge in [0, 0.05) is 12.6 Å². The Morgan fingerprint density at radius 1 is 0.971 bits per heavy atom. The molecule has 0 atom stereocenters. The molecule has 0 aliphatic rings. The van der Waals surface area contributed by atoms with Gasteiger partial charge >= 0.3 is 0 Å². The summed E-state index contributed by atoms with van der Waals surface area (Å²) in [6.45, 7) is 0.0364. The van der Waals surface area contributed by atoms with Crippen LogP contribution < -0.4 is 25.0 Å². The summed E-state index contributed by atoms with van der Waals surface area (Å²) in [5, 5.41) is 3.07. The summed E-state index contributed by atoms with van der Waals surface area (Å²) < 4.78 is 34.7. The summed E-state index contributed by atoms with van der Waals surface area (Å²) in [4.78, 5) is 25.1. The Bertz CT molecular complexity index is 1380. The van der Waals surface area contributed by atoms with Gasteiger partial charge in [-0.25, -0.2) is 4.39 Å². The Morgan fingerprint density at radius 3 is 2.47 bits per heavy atom. The highest BCUT2D eigenvalue weighted by molar-refractivity contribution is 5.83. The summed E-state index contributed by atoms with van der Waals surface area (Å²) >= 11 is 0. The van der Waals surface area contributed by atoms with Gasteiger partial charge in [-0.15, -0.1) is 0 Å². The Hall–Kier alpha value is -4.33. The molecule has 34 heavy (non-hydrogen) atoms. The van der Waals surface area contributed by atoms with E-state index < -0.39 is 0 Å². The number of halogens is 1. The van der Waals surface area contributed by atoms with E-state index in [-0.39, 0.29) is 30.3 Å². The van der Waals surface area contributed by atoms with Gasteiger partial charge in [-0.3, -0.25) is 9.59 Å². The van der Waals surface area contributed by atoms with Gasteiger partial charge in [0.2, 0.25) is 0 Å². The van der Waals surface area contributed by atoms with E-state index in [0.29, 0.717) is 39.3 Å². The minimum atomic E-state index is -0.338. The second kappa shape index (κ2) is 10.1. The van der Waals surface area contributed by atoms with Gasteiger partial charge in [-0.2, -0.15) is 0 Å². The van der Waals surface area contributed by atoms with Crippen molar-refractivity contribution >= 4 is 16.9 Å². The Kier molecular flexibility index (Phi) is 6.77. The molecule has 4 rings (SSSR count). The molecule has 1 amide bonds. The van der Waals surface area contributed by atoms with Crippen LogP contribution in [0.25, 0.3) is 22.1 Å². The predicted molar refractivity (Wildman–Crippen MR) is 125 cm³/mol. The third-order valence-electron chi connectivity index (χ3n) is 5.21. The maximum absolute atomic E-state index is 13.0. The lowest BCUT2D eigenvalue weighted by Crippen LogP contribution is -2.28. The smallest absolute Gasteiger partial charge is 0.258 e. The van der Waals surface area contributed by atoms with E-state index in [0.717, 1.165) is 5.56 Å². The van der Waals surface area contributed by atoms with Gasteiger partial charge in [-0.1, -0.05) is 18.2 Å². The van der Waals surface area contributed by atoms with E-state index in [1.54, 1.807) is 48.5 Å². The maximum Gasteiger partial charge on any atom is 0.258 e. The molecule has 0 spiro atoms. The van der Waals surface area contributed by atoms with E-state index in [1.165, 1.54) is 32.6 Å². The predicted octanol–water partition coefficient (Wildman–Crippen LogP) is 4.31. The zero-order valence-electron chi connectivity index (χ0n) is 18.6. The van der Waals surface area contributed by atoms with Crippen LogP contribution in [-0.2, 0) is 11.3 Å². The van der Waals surface area contributed by atoms with Crippen molar-refractivity contribution in [2.45, 2.75) is 6.54 Å². The topological polar surface area (TPSA) is 87.0 Å². The lowest BCUT2D eigenvalue weighted by Gasteiger charge is -2.10. The molecule has 0 fully saturated rings. The first kappa shape index (κ1) is 22.8. The highest BCUT2D eigenvalue weighted by atomic mass is 19.1. The monoisotopic (exact) mass is 463 g/mol. The van der Waals surface area contributed by atoms with Crippen LogP contribution in [0, 0.1) is 5.82 Å².